The molecule has 1 aromatic heterocycles. The third-order valence-electron chi connectivity index (χ3n) is 3.27. The number of rotatable bonds is 4. The van der Waals surface area contributed by atoms with Gasteiger partial charge < -0.3 is 10.1 Å². The van der Waals surface area contributed by atoms with Crippen molar-refractivity contribution in [1.29, 1.82) is 0 Å². The summed E-state index contributed by atoms with van der Waals surface area (Å²) in [5.74, 6) is 0.0906. The molecular weight excluding hydrogens is 314 g/mol. The lowest BCUT2D eigenvalue weighted by atomic mass is 9.86. The zero-order valence-corrected chi connectivity index (χ0v) is 12.9. The van der Waals surface area contributed by atoms with Crippen molar-refractivity contribution < 1.29 is 9.53 Å². The lowest BCUT2D eigenvalue weighted by Crippen LogP contribution is -2.30. The standard InChI is InChI=1S/C13H18BrNO2S/c1-2-17-13(16)9-3-5-10(6-4-9)15-12-8-7-11(14)18-12/h7-10,15H,2-6H2,1H3. The molecule has 1 aliphatic rings. The maximum atomic E-state index is 11.6. The van der Waals surface area contributed by atoms with Crippen LogP contribution < -0.4 is 5.32 Å². The van der Waals surface area contributed by atoms with E-state index in [0.717, 1.165) is 29.5 Å². The normalized spacial score (nSPS) is 23.7. The summed E-state index contributed by atoms with van der Waals surface area (Å²) in [4.78, 5) is 11.6. The average Bonchev–Trinajstić information content (AvgIpc) is 2.76. The van der Waals surface area contributed by atoms with E-state index in [1.807, 2.05) is 6.92 Å². The lowest BCUT2D eigenvalue weighted by molar-refractivity contribution is -0.149. The highest BCUT2D eigenvalue weighted by atomic mass is 79.9. The van der Waals surface area contributed by atoms with Gasteiger partial charge in [-0.05, 0) is 60.7 Å². The molecule has 3 nitrogen and oxygen atoms in total. The molecule has 18 heavy (non-hydrogen) atoms. The summed E-state index contributed by atoms with van der Waals surface area (Å²) in [6.45, 7) is 2.35. The van der Waals surface area contributed by atoms with E-state index >= 15 is 0 Å². The van der Waals surface area contributed by atoms with Gasteiger partial charge in [-0.2, -0.15) is 0 Å². The minimum absolute atomic E-state index is 0.0187. The molecule has 0 bridgehead atoms. The second kappa shape index (κ2) is 6.57. The Morgan fingerprint density at radius 2 is 2.17 bits per heavy atom. The molecule has 0 unspecified atom stereocenters. The topological polar surface area (TPSA) is 38.3 Å². The van der Waals surface area contributed by atoms with E-state index in [1.165, 1.54) is 5.00 Å². The number of thiophene rings is 1. The molecule has 0 saturated heterocycles. The number of hydrogen-bond donors (Lipinski definition) is 1. The van der Waals surface area contributed by atoms with E-state index in [1.54, 1.807) is 11.3 Å². The van der Waals surface area contributed by atoms with Gasteiger partial charge in [0.15, 0.2) is 0 Å². The predicted molar refractivity (Wildman–Crippen MR) is 78.0 cm³/mol. The summed E-state index contributed by atoms with van der Waals surface area (Å²) in [5.41, 5.74) is 0. The van der Waals surface area contributed by atoms with E-state index < -0.39 is 0 Å². The molecule has 5 heteroatoms. The van der Waals surface area contributed by atoms with Gasteiger partial charge in [0.2, 0.25) is 0 Å². The lowest BCUT2D eigenvalue weighted by Gasteiger charge is -2.28. The van der Waals surface area contributed by atoms with Crippen molar-refractivity contribution in [1.82, 2.24) is 0 Å². The van der Waals surface area contributed by atoms with Crippen LogP contribution in [-0.2, 0) is 9.53 Å². The fourth-order valence-electron chi connectivity index (χ4n) is 2.33. The van der Waals surface area contributed by atoms with Crippen LogP contribution in [0.4, 0.5) is 5.00 Å². The minimum atomic E-state index is -0.0187. The molecule has 0 aromatic carbocycles. The smallest absolute Gasteiger partial charge is 0.308 e. The molecule has 0 spiro atoms. The Balaban J connectivity index is 1.78. The second-order valence-corrected chi connectivity index (χ2v) is 7.01. The maximum absolute atomic E-state index is 11.6. The number of ether oxygens (including phenoxy) is 1. The van der Waals surface area contributed by atoms with Gasteiger partial charge in [-0.25, -0.2) is 0 Å². The van der Waals surface area contributed by atoms with Crippen LogP contribution in [0.5, 0.6) is 0 Å². The number of carbonyl (C=O) groups is 1. The Labute approximate surface area is 120 Å². The van der Waals surface area contributed by atoms with Crippen molar-refractivity contribution in [3.8, 4) is 0 Å². The number of anilines is 1. The fourth-order valence-corrected chi connectivity index (χ4v) is 3.69. The van der Waals surface area contributed by atoms with Crippen LogP contribution in [0.2, 0.25) is 0 Å². The molecule has 1 aromatic rings. The van der Waals surface area contributed by atoms with Gasteiger partial charge >= 0.3 is 5.97 Å². The first-order chi connectivity index (χ1) is 8.69. The van der Waals surface area contributed by atoms with E-state index in [2.05, 4.69) is 33.4 Å². The Bertz CT molecular complexity index is 399. The summed E-state index contributed by atoms with van der Waals surface area (Å²) < 4.78 is 6.22. The Kier molecular flexibility index (Phi) is 5.06. The molecule has 0 radical (unpaired) electrons. The van der Waals surface area contributed by atoms with Gasteiger partial charge in [0.1, 0.15) is 0 Å². The summed E-state index contributed by atoms with van der Waals surface area (Å²) in [6.07, 6.45) is 3.95. The minimum Gasteiger partial charge on any atom is -0.466 e. The predicted octanol–water partition coefficient (Wildman–Crippen LogP) is 4.04. The van der Waals surface area contributed by atoms with E-state index in [-0.39, 0.29) is 11.9 Å². The summed E-state index contributed by atoms with van der Waals surface area (Å²) in [7, 11) is 0. The van der Waals surface area contributed by atoms with Gasteiger partial charge in [-0.3, -0.25) is 4.79 Å². The van der Waals surface area contributed by atoms with Gasteiger partial charge in [0.25, 0.3) is 0 Å². The highest BCUT2D eigenvalue weighted by Crippen LogP contribution is 2.31. The summed E-state index contributed by atoms with van der Waals surface area (Å²) in [6, 6.07) is 4.63. The molecule has 1 fully saturated rings. The summed E-state index contributed by atoms with van der Waals surface area (Å²) in [5, 5.41) is 4.73. The van der Waals surface area contributed by atoms with E-state index in [0.29, 0.717) is 12.6 Å². The molecule has 1 aliphatic carbocycles. The van der Waals surface area contributed by atoms with Crippen molar-refractivity contribution in [3.05, 3.63) is 15.9 Å². The third-order valence-corrected chi connectivity index (χ3v) is 4.82. The molecule has 100 valence electrons. The fraction of sp³-hybridized carbons (Fsp3) is 0.615. The van der Waals surface area contributed by atoms with Crippen molar-refractivity contribution in [2.75, 3.05) is 11.9 Å². The summed E-state index contributed by atoms with van der Waals surface area (Å²) >= 11 is 5.17. The first-order valence-electron chi connectivity index (χ1n) is 6.37. The number of carbonyl (C=O) groups excluding carboxylic acids is 1. The molecule has 1 saturated carbocycles. The number of esters is 1. The Morgan fingerprint density at radius 3 is 2.72 bits per heavy atom. The quantitative estimate of drug-likeness (QED) is 0.846. The van der Waals surface area contributed by atoms with Crippen LogP contribution >= 0.6 is 27.3 Å². The maximum Gasteiger partial charge on any atom is 0.308 e. The van der Waals surface area contributed by atoms with E-state index in [4.69, 9.17) is 4.74 Å². The van der Waals surface area contributed by atoms with Crippen LogP contribution in [0.25, 0.3) is 0 Å². The zero-order valence-electron chi connectivity index (χ0n) is 10.4. The van der Waals surface area contributed by atoms with Crippen LogP contribution in [0.15, 0.2) is 15.9 Å². The largest absolute Gasteiger partial charge is 0.466 e. The van der Waals surface area contributed by atoms with Crippen molar-refractivity contribution >= 4 is 38.2 Å². The first kappa shape index (κ1) is 13.9. The number of nitrogens with one attached hydrogen (secondary N) is 1. The monoisotopic (exact) mass is 331 g/mol. The van der Waals surface area contributed by atoms with Gasteiger partial charge in [-0.1, -0.05) is 0 Å². The second-order valence-electron chi connectivity index (χ2n) is 4.55. The first-order valence-corrected chi connectivity index (χ1v) is 7.98. The zero-order chi connectivity index (χ0) is 13.0. The van der Waals surface area contributed by atoms with Gasteiger partial charge in [-0.15, -0.1) is 11.3 Å². The molecule has 1 N–H and O–H groups in total. The van der Waals surface area contributed by atoms with Crippen molar-refractivity contribution in [2.24, 2.45) is 5.92 Å². The Hall–Kier alpha value is -0.550. The molecule has 1 heterocycles. The van der Waals surface area contributed by atoms with E-state index in [9.17, 15) is 4.79 Å². The SMILES string of the molecule is CCOC(=O)C1CCC(Nc2ccc(Br)s2)CC1. The van der Waals surface area contributed by atoms with Gasteiger partial charge in [0, 0.05) is 6.04 Å². The Morgan fingerprint density at radius 1 is 1.44 bits per heavy atom. The molecule has 0 aliphatic heterocycles. The molecule has 0 amide bonds. The van der Waals surface area contributed by atoms with Crippen molar-refractivity contribution in [2.45, 2.75) is 38.6 Å². The highest BCUT2D eigenvalue weighted by Gasteiger charge is 2.27. The van der Waals surface area contributed by atoms with Crippen LogP contribution in [-0.4, -0.2) is 18.6 Å². The number of halogens is 1. The highest BCUT2D eigenvalue weighted by molar-refractivity contribution is 9.11. The molecular formula is C13H18BrNO2S. The molecule has 2 rings (SSSR count). The number of hydrogen-bond acceptors (Lipinski definition) is 4. The van der Waals surface area contributed by atoms with Gasteiger partial charge in [0.05, 0.1) is 21.3 Å². The molecule has 0 atom stereocenters. The van der Waals surface area contributed by atoms with Crippen LogP contribution in [0.1, 0.15) is 32.6 Å². The van der Waals surface area contributed by atoms with Crippen LogP contribution in [0, 0.1) is 5.92 Å². The third kappa shape index (κ3) is 3.72. The van der Waals surface area contributed by atoms with Crippen molar-refractivity contribution in [3.63, 3.8) is 0 Å². The van der Waals surface area contributed by atoms with Crippen LogP contribution in [0.3, 0.4) is 0 Å². The average molecular weight is 332 g/mol.